The van der Waals surface area contributed by atoms with Gasteiger partial charge in [0.1, 0.15) is 13.2 Å². The average molecular weight is 528 g/mol. The van der Waals surface area contributed by atoms with E-state index in [0.29, 0.717) is 36.5 Å². The zero-order chi connectivity index (χ0) is 25.2. The minimum atomic E-state index is -4.75. The van der Waals surface area contributed by atoms with E-state index < -0.39 is 42.8 Å². The maximum absolute atomic E-state index is 12.9. The molecule has 2 N–H and O–H groups in total. The Labute approximate surface area is 200 Å². The van der Waals surface area contributed by atoms with Gasteiger partial charge in [0.05, 0.1) is 22.4 Å². The van der Waals surface area contributed by atoms with E-state index >= 15 is 0 Å². The van der Waals surface area contributed by atoms with Crippen LogP contribution < -0.4 is 20.3 Å². The summed E-state index contributed by atoms with van der Waals surface area (Å²) in [6, 6.07) is 7.93. The van der Waals surface area contributed by atoms with Crippen molar-refractivity contribution in [2.75, 3.05) is 24.3 Å². The highest BCUT2D eigenvalue weighted by Crippen LogP contribution is 2.33. The van der Waals surface area contributed by atoms with Gasteiger partial charge < -0.3 is 19.8 Å². The largest absolute Gasteiger partial charge is 0.486 e. The van der Waals surface area contributed by atoms with Gasteiger partial charge in [-0.25, -0.2) is 13.4 Å². The molecule has 0 radical (unpaired) electrons. The van der Waals surface area contributed by atoms with Crippen molar-refractivity contribution in [3.63, 3.8) is 0 Å². The number of aromatic nitrogens is 2. The van der Waals surface area contributed by atoms with Crippen LogP contribution in [0.1, 0.15) is 5.56 Å². The van der Waals surface area contributed by atoms with Crippen molar-refractivity contribution < 1.29 is 35.9 Å². The number of hydrogen-bond acceptors (Lipinski definition) is 8. The highest BCUT2D eigenvalue weighted by Gasteiger charge is 2.32. The number of carbonyl (C=O) groups is 1. The Morgan fingerprint density at radius 3 is 2.57 bits per heavy atom. The van der Waals surface area contributed by atoms with E-state index in [1.54, 1.807) is 18.2 Å². The van der Waals surface area contributed by atoms with Gasteiger partial charge >= 0.3 is 6.18 Å². The molecule has 2 aromatic carbocycles. The lowest BCUT2D eigenvalue weighted by atomic mass is 10.2. The van der Waals surface area contributed by atoms with Crippen LogP contribution in [0.4, 0.5) is 18.9 Å². The molecule has 35 heavy (non-hydrogen) atoms. The normalized spacial score (nSPS) is 13.3. The minimum Gasteiger partial charge on any atom is -0.486 e. The van der Waals surface area contributed by atoms with Crippen LogP contribution in [0.15, 0.2) is 68.4 Å². The minimum absolute atomic E-state index is 0.0460. The molecule has 1 aliphatic rings. The molecular weight excluding hydrogens is 511 g/mol. The van der Waals surface area contributed by atoms with Gasteiger partial charge in [-0.15, -0.1) is 0 Å². The summed E-state index contributed by atoms with van der Waals surface area (Å²) in [7, 11) is -4.57. The fourth-order valence-electron chi connectivity index (χ4n) is 3.05. The third-order valence-corrected chi connectivity index (χ3v) is 7.30. The molecule has 1 aromatic heterocycles. The molecule has 0 saturated carbocycles. The maximum atomic E-state index is 12.9. The fourth-order valence-corrected chi connectivity index (χ4v) is 4.96. The van der Waals surface area contributed by atoms with Crippen LogP contribution in [-0.4, -0.2) is 43.3 Å². The predicted octanol–water partition coefficient (Wildman–Crippen LogP) is 3.12. The van der Waals surface area contributed by atoms with Crippen molar-refractivity contribution in [1.29, 1.82) is 0 Å². The van der Waals surface area contributed by atoms with E-state index in [1.165, 1.54) is 0 Å². The topological polar surface area (TPSA) is 127 Å². The molecule has 1 aliphatic heterocycles. The molecule has 0 fully saturated rings. The van der Waals surface area contributed by atoms with Gasteiger partial charge in [0.25, 0.3) is 5.56 Å². The Kier molecular flexibility index (Phi) is 6.76. The highest BCUT2D eigenvalue weighted by molar-refractivity contribution is 7.99. The number of thioether (sulfide) groups is 1. The molecule has 0 atom stereocenters. The molecule has 14 heteroatoms. The van der Waals surface area contributed by atoms with Gasteiger partial charge in [-0.2, -0.15) is 13.2 Å². The van der Waals surface area contributed by atoms with Crippen molar-refractivity contribution in [2.24, 2.45) is 0 Å². The van der Waals surface area contributed by atoms with E-state index in [4.69, 9.17) is 9.47 Å². The first-order valence-corrected chi connectivity index (χ1v) is 12.3. The third-order valence-electron chi connectivity index (χ3n) is 4.67. The lowest BCUT2D eigenvalue weighted by Crippen LogP contribution is -2.20. The van der Waals surface area contributed by atoms with E-state index in [9.17, 15) is 31.2 Å². The third kappa shape index (κ3) is 5.59. The number of amides is 1. The van der Waals surface area contributed by atoms with E-state index in [-0.39, 0.29) is 10.9 Å². The van der Waals surface area contributed by atoms with Crippen molar-refractivity contribution in [3.8, 4) is 11.5 Å². The summed E-state index contributed by atoms with van der Waals surface area (Å²) >= 11 is 0.833. The Hall–Kier alpha value is -3.52. The summed E-state index contributed by atoms with van der Waals surface area (Å²) in [5.74, 6) is 0.447. The van der Waals surface area contributed by atoms with Crippen LogP contribution in [-0.2, 0) is 20.8 Å². The number of halogens is 3. The van der Waals surface area contributed by atoms with Gasteiger partial charge in [0.15, 0.2) is 21.6 Å². The lowest BCUT2D eigenvalue weighted by molar-refractivity contribution is -0.137. The smallest absolute Gasteiger partial charge is 0.416 e. The molecule has 0 aliphatic carbocycles. The van der Waals surface area contributed by atoms with Crippen molar-refractivity contribution >= 4 is 33.2 Å². The fraction of sp³-hybridized carbons (Fsp3) is 0.190. The predicted molar refractivity (Wildman–Crippen MR) is 119 cm³/mol. The Morgan fingerprint density at radius 2 is 1.86 bits per heavy atom. The summed E-state index contributed by atoms with van der Waals surface area (Å²) in [6.45, 7) is 0.819. The first-order chi connectivity index (χ1) is 16.5. The second-order valence-corrected chi connectivity index (χ2v) is 9.99. The monoisotopic (exact) mass is 527 g/mol. The van der Waals surface area contributed by atoms with Crippen LogP contribution in [0, 0.1) is 0 Å². The SMILES string of the molecule is O=C(CSc1ncc(S(=O)(=O)c2cccc(C(F)(F)F)c2)c(=O)[nH]1)Nc1ccc2c(c1)OCCO2. The number of aromatic amines is 1. The van der Waals surface area contributed by atoms with Crippen LogP contribution in [0.2, 0.25) is 0 Å². The molecule has 2 heterocycles. The number of carbonyl (C=O) groups excluding carboxylic acids is 1. The zero-order valence-electron chi connectivity index (χ0n) is 17.6. The maximum Gasteiger partial charge on any atom is 0.416 e. The first kappa shape index (κ1) is 24.6. The number of nitrogens with zero attached hydrogens (tertiary/aromatic N) is 1. The lowest BCUT2D eigenvalue weighted by Gasteiger charge is -2.18. The molecule has 0 spiro atoms. The zero-order valence-corrected chi connectivity index (χ0v) is 19.2. The number of anilines is 1. The summed E-state index contributed by atoms with van der Waals surface area (Å²) in [6.07, 6.45) is -4.01. The van der Waals surface area contributed by atoms with Gasteiger partial charge in [-0.05, 0) is 30.3 Å². The number of nitrogens with one attached hydrogen (secondary N) is 2. The number of sulfone groups is 1. The van der Waals surface area contributed by atoms with Crippen molar-refractivity contribution in [3.05, 3.63) is 64.6 Å². The molecule has 0 bridgehead atoms. The number of ether oxygens (including phenoxy) is 2. The molecule has 184 valence electrons. The van der Waals surface area contributed by atoms with Gasteiger partial charge in [-0.3, -0.25) is 9.59 Å². The standard InChI is InChI=1S/C21H16F3N3O6S2/c22-21(23,24)12-2-1-3-14(8-12)35(30,31)17-10-25-20(27-19(17)29)34-11-18(28)26-13-4-5-15-16(9-13)33-7-6-32-15/h1-5,8-10H,6-7,11H2,(H,26,28)(H,25,27,29). The molecular formula is C21H16F3N3O6S2. The Bertz CT molecular complexity index is 1440. The van der Waals surface area contributed by atoms with Crippen LogP contribution >= 0.6 is 11.8 Å². The highest BCUT2D eigenvalue weighted by atomic mass is 32.2. The molecule has 3 aromatic rings. The quantitative estimate of drug-likeness (QED) is 0.370. The van der Waals surface area contributed by atoms with Crippen molar-refractivity contribution in [1.82, 2.24) is 9.97 Å². The molecule has 9 nitrogen and oxygen atoms in total. The van der Waals surface area contributed by atoms with Gasteiger partial charge in [0, 0.05) is 11.8 Å². The Balaban J connectivity index is 1.44. The average Bonchev–Trinajstić information content (AvgIpc) is 2.82. The van der Waals surface area contributed by atoms with E-state index in [2.05, 4.69) is 15.3 Å². The van der Waals surface area contributed by atoms with Crippen molar-refractivity contribution in [2.45, 2.75) is 21.1 Å². The number of rotatable bonds is 6. The number of fused-ring (bicyclic) bond motifs is 1. The Morgan fingerprint density at radius 1 is 1.11 bits per heavy atom. The van der Waals surface area contributed by atoms with Crippen LogP contribution in [0.3, 0.4) is 0 Å². The number of alkyl halides is 3. The second kappa shape index (κ2) is 9.62. The summed E-state index contributed by atoms with van der Waals surface area (Å²) in [5.41, 5.74) is -1.78. The van der Waals surface area contributed by atoms with Crippen LogP contribution in [0.25, 0.3) is 0 Å². The number of H-pyrrole nitrogens is 1. The van der Waals surface area contributed by atoms with E-state index in [1.807, 2.05) is 0 Å². The molecule has 1 amide bonds. The summed E-state index contributed by atoms with van der Waals surface area (Å²) in [5, 5.41) is 2.60. The van der Waals surface area contributed by atoms with Gasteiger partial charge in [-0.1, -0.05) is 17.8 Å². The summed E-state index contributed by atoms with van der Waals surface area (Å²) < 4.78 is 75.0. The number of benzene rings is 2. The molecule has 0 unspecified atom stereocenters. The number of hydrogen-bond donors (Lipinski definition) is 2. The molecule has 4 rings (SSSR count). The van der Waals surface area contributed by atoms with E-state index in [0.717, 1.165) is 36.2 Å². The van der Waals surface area contributed by atoms with Gasteiger partial charge in [0.2, 0.25) is 15.7 Å². The summed E-state index contributed by atoms with van der Waals surface area (Å²) in [4.78, 5) is 29.2. The second-order valence-electron chi connectivity index (χ2n) is 7.11. The van der Waals surface area contributed by atoms with Crippen LogP contribution in [0.5, 0.6) is 11.5 Å². The molecule has 0 saturated heterocycles. The first-order valence-electron chi connectivity index (χ1n) is 9.88.